The number of nitro groups is 1. The number of rotatable bonds is 8. The van der Waals surface area contributed by atoms with E-state index in [1.807, 2.05) is 48.5 Å². The van der Waals surface area contributed by atoms with E-state index >= 15 is 0 Å². The van der Waals surface area contributed by atoms with E-state index in [0.717, 1.165) is 37.2 Å². The van der Waals surface area contributed by atoms with Gasteiger partial charge in [-0.25, -0.2) is 0 Å². The molecule has 0 saturated carbocycles. The molecular weight excluding hydrogens is 464 g/mol. The minimum atomic E-state index is -0.923. The summed E-state index contributed by atoms with van der Waals surface area (Å²) >= 11 is 0. The second-order valence-electron chi connectivity index (χ2n) is 9.48. The molecule has 0 saturated heterocycles. The molecule has 186 valence electrons. The van der Waals surface area contributed by atoms with Crippen LogP contribution in [0.5, 0.6) is 0 Å². The van der Waals surface area contributed by atoms with Gasteiger partial charge in [-0.3, -0.25) is 19.8 Å². The third kappa shape index (κ3) is 5.29. The van der Waals surface area contributed by atoms with Crippen molar-refractivity contribution in [1.29, 1.82) is 0 Å². The lowest BCUT2D eigenvalue weighted by atomic mass is 9.74. The van der Waals surface area contributed by atoms with Gasteiger partial charge in [0.15, 0.2) is 0 Å². The normalized spacial score (nSPS) is 14.9. The highest BCUT2D eigenvalue weighted by Gasteiger charge is 2.35. The predicted octanol–water partition coefficient (Wildman–Crippen LogP) is 6.15. The van der Waals surface area contributed by atoms with Crippen LogP contribution in [0.25, 0.3) is 0 Å². The zero-order valence-corrected chi connectivity index (χ0v) is 20.4. The topological polar surface area (TPSA) is 83.7 Å². The monoisotopic (exact) mass is 492 g/mol. The van der Waals surface area contributed by atoms with Gasteiger partial charge in [0.25, 0.3) is 5.69 Å². The summed E-state index contributed by atoms with van der Waals surface area (Å²) in [6.07, 6.45) is 0.808. The summed E-state index contributed by atoms with van der Waals surface area (Å²) in [5.41, 5.74) is 6.06. The molecule has 6 heteroatoms. The SMILES string of the molecule is O=C(O)C(c1ccccc1)C(c1ccc([N+](=O)[O-])cc1)c1cccc2c1CCN(Cc1ccccc1)C2. The fourth-order valence-electron chi connectivity index (χ4n) is 5.46. The molecule has 0 fully saturated rings. The standard InChI is InChI=1S/C31H28N2O4/c34-31(35)30(23-10-5-2-6-11-23)29(24-14-16-26(17-15-24)33(36)37)28-13-7-12-25-21-32(19-18-27(25)28)20-22-8-3-1-4-9-22/h1-17,29-30H,18-21H2,(H,34,35). The number of benzene rings is 4. The Hall–Kier alpha value is -4.29. The summed E-state index contributed by atoms with van der Waals surface area (Å²) < 4.78 is 0. The summed E-state index contributed by atoms with van der Waals surface area (Å²) in [5.74, 6) is -2.25. The molecule has 5 rings (SSSR count). The fourth-order valence-corrected chi connectivity index (χ4v) is 5.46. The highest BCUT2D eigenvalue weighted by atomic mass is 16.6. The Bertz CT molecular complexity index is 1390. The first-order valence-corrected chi connectivity index (χ1v) is 12.4. The number of aliphatic carboxylic acids is 1. The molecule has 0 bridgehead atoms. The molecule has 0 amide bonds. The van der Waals surface area contributed by atoms with Crippen molar-refractivity contribution in [3.63, 3.8) is 0 Å². The van der Waals surface area contributed by atoms with Crippen molar-refractivity contribution < 1.29 is 14.8 Å². The van der Waals surface area contributed by atoms with Crippen molar-refractivity contribution in [2.45, 2.75) is 31.3 Å². The number of hydrogen-bond acceptors (Lipinski definition) is 4. The molecule has 4 aromatic rings. The number of non-ortho nitro benzene ring substituents is 1. The molecule has 0 aromatic heterocycles. The van der Waals surface area contributed by atoms with Crippen LogP contribution in [0.1, 0.15) is 45.2 Å². The lowest BCUT2D eigenvalue weighted by Crippen LogP contribution is -2.32. The summed E-state index contributed by atoms with van der Waals surface area (Å²) in [6.45, 7) is 2.52. The second kappa shape index (κ2) is 10.8. The van der Waals surface area contributed by atoms with E-state index < -0.39 is 22.7 Å². The molecular formula is C31H28N2O4. The summed E-state index contributed by atoms with van der Waals surface area (Å²) in [4.78, 5) is 26.0. The minimum absolute atomic E-state index is 0.0132. The molecule has 6 nitrogen and oxygen atoms in total. The Morgan fingerprint density at radius 1 is 0.865 bits per heavy atom. The summed E-state index contributed by atoms with van der Waals surface area (Å²) in [6, 6.07) is 32.1. The molecule has 2 atom stereocenters. The largest absolute Gasteiger partial charge is 0.481 e. The van der Waals surface area contributed by atoms with E-state index in [1.165, 1.54) is 28.8 Å². The highest BCUT2D eigenvalue weighted by Crippen LogP contribution is 2.42. The van der Waals surface area contributed by atoms with Crippen LogP contribution in [0.15, 0.2) is 103 Å². The van der Waals surface area contributed by atoms with Gasteiger partial charge in [0.05, 0.1) is 10.8 Å². The Labute approximate surface area is 216 Å². The third-order valence-electron chi connectivity index (χ3n) is 7.19. The average molecular weight is 493 g/mol. The maximum absolute atomic E-state index is 12.8. The first-order chi connectivity index (χ1) is 18.0. The highest BCUT2D eigenvalue weighted by molar-refractivity contribution is 5.79. The Morgan fingerprint density at radius 3 is 2.19 bits per heavy atom. The zero-order chi connectivity index (χ0) is 25.8. The van der Waals surface area contributed by atoms with Crippen LogP contribution in [-0.2, 0) is 24.3 Å². The van der Waals surface area contributed by atoms with E-state index in [1.54, 1.807) is 12.1 Å². The van der Waals surface area contributed by atoms with Crippen LogP contribution in [0.2, 0.25) is 0 Å². The molecule has 1 N–H and O–H groups in total. The predicted molar refractivity (Wildman–Crippen MR) is 142 cm³/mol. The van der Waals surface area contributed by atoms with Gasteiger partial charge in [0, 0.05) is 37.7 Å². The maximum atomic E-state index is 12.8. The number of nitrogens with zero attached hydrogens (tertiary/aromatic N) is 2. The van der Waals surface area contributed by atoms with E-state index in [9.17, 15) is 20.0 Å². The number of fused-ring (bicyclic) bond motifs is 1. The fraction of sp³-hybridized carbons (Fsp3) is 0.194. The molecule has 37 heavy (non-hydrogen) atoms. The van der Waals surface area contributed by atoms with E-state index in [4.69, 9.17) is 0 Å². The molecule has 0 radical (unpaired) electrons. The Kier molecular flexibility index (Phi) is 7.10. The van der Waals surface area contributed by atoms with E-state index in [-0.39, 0.29) is 5.69 Å². The third-order valence-corrected chi connectivity index (χ3v) is 7.19. The van der Waals surface area contributed by atoms with Gasteiger partial charge in [-0.15, -0.1) is 0 Å². The first kappa shape index (κ1) is 24.4. The molecule has 1 heterocycles. The number of carboxylic acid groups (broad SMARTS) is 1. The quantitative estimate of drug-likeness (QED) is 0.235. The van der Waals surface area contributed by atoms with Gasteiger partial charge in [-0.1, -0.05) is 91.0 Å². The summed E-state index contributed by atoms with van der Waals surface area (Å²) in [5, 5.41) is 21.7. The van der Waals surface area contributed by atoms with E-state index in [0.29, 0.717) is 5.56 Å². The van der Waals surface area contributed by atoms with Crippen molar-refractivity contribution in [2.75, 3.05) is 6.54 Å². The van der Waals surface area contributed by atoms with Gasteiger partial charge < -0.3 is 5.11 Å². The second-order valence-corrected chi connectivity index (χ2v) is 9.48. The van der Waals surface area contributed by atoms with Crippen molar-refractivity contribution in [3.05, 3.63) is 147 Å². The van der Waals surface area contributed by atoms with Gasteiger partial charge in [0.1, 0.15) is 0 Å². The number of nitro benzene ring substituents is 1. The maximum Gasteiger partial charge on any atom is 0.311 e. The average Bonchev–Trinajstić information content (AvgIpc) is 2.92. The lowest BCUT2D eigenvalue weighted by Gasteiger charge is -2.33. The van der Waals surface area contributed by atoms with Gasteiger partial charge in [0.2, 0.25) is 0 Å². The van der Waals surface area contributed by atoms with Gasteiger partial charge in [-0.2, -0.15) is 0 Å². The van der Waals surface area contributed by atoms with Crippen LogP contribution >= 0.6 is 0 Å². The smallest absolute Gasteiger partial charge is 0.311 e. The number of hydrogen-bond donors (Lipinski definition) is 1. The van der Waals surface area contributed by atoms with Crippen LogP contribution in [0.3, 0.4) is 0 Å². The molecule has 1 aliphatic heterocycles. The van der Waals surface area contributed by atoms with Crippen molar-refractivity contribution >= 4 is 11.7 Å². The number of carboxylic acids is 1. The number of carbonyl (C=O) groups is 1. The van der Waals surface area contributed by atoms with E-state index in [2.05, 4.69) is 35.2 Å². The zero-order valence-electron chi connectivity index (χ0n) is 20.4. The van der Waals surface area contributed by atoms with Crippen LogP contribution in [0.4, 0.5) is 5.69 Å². The molecule has 0 spiro atoms. The lowest BCUT2D eigenvalue weighted by molar-refractivity contribution is -0.384. The summed E-state index contributed by atoms with van der Waals surface area (Å²) in [7, 11) is 0. The first-order valence-electron chi connectivity index (χ1n) is 12.4. The van der Waals surface area contributed by atoms with Gasteiger partial charge in [-0.05, 0) is 39.8 Å². The molecule has 0 aliphatic carbocycles. The minimum Gasteiger partial charge on any atom is -0.481 e. The Balaban J connectivity index is 1.57. The Morgan fingerprint density at radius 2 is 1.54 bits per heavy atom. The van der Waals surface area contributed by atoms with Crippen LogP contribution < -0.4 is 0 Å². The molecule has 4 aromatic carbocycles. The van der Waals surface area contributed by atoms with Crippen molar-refractivity contribution in [3.8, 4) is 0 Å². The molecule has 2 unspecified atom stereocenters. The van der Waals surface area contributed by atoms with Crippen LogP contribution in [0, 0.1) is 10.1 Å². The van der Waals surface area contributed by atoms with Crippen molar-refractivity contribution in [1.82, 2.24) is 4.90 Å². The van der Waals surface area contributed by atoms with Crippen molar-refractivity contribution in [2.24, 2.45) is 0 Å². The molecule has 1 aliphatic rings. The van der Waals surface area contributed by atoms with Gasteiger partial charge >= 0.3 is 5.97 Å². The van der Waals surface area contributed by atoms with Crippen LogP contribution in [-0.4, -0.2) is 27.4 Å².